The van der Waals surface area contributed by atoms with Crippen LogP contribution in [0.1, 0.15) is 44.9 Å². The minimum absolute atomic E-state index is 0.164. The van der Waals surface area contributed by atoms with Gasteiger partial charge in [-0.2, -0.15) is 0 Å². The van der Waals surface area contributed by atoms with Crippen molar-refractivity contribution in [1.29, 1.82) is 0 Å². The third-order valence-corrected chi connectivity index (χ3v) is 3.42. The molecule has 2 rings (SSSR count). The fraction of sp³-hybridized carbons (Fsp3) is 1.00. The summed E-state index contributed by atoms with van der Waals surface area (Å²) in [5.41, 5.74) is 12.3. The highest BCUT2D eigenvalue weighted by molar-refractivity contribution is 4.95. The lowest BCUT2D eigenvalue weighted by Crippen LogP contribution is -2.46. The van der Waals surface area contributed by atoms with Crippen LogP contribution in [0.4, 0.5) is 0 Å². The summed E-state index contributed by atoms with van der Waals surface area (Å²) >= 11 is 0. The van der Waals surface area contributed by atoms with Crippen molar-refractivity contribution in [3.8, 4) is 0 Å². The van der Waals surface area contributed by atoms with Crippen molar-refractivity contribution in [2.45, 2.75) is 56.5 Å². The Balaban J connectivity index is 1.83. The molecular formula is C10H20N2. The second kappa shape index (κ2) is 3.00. The predicted octanol–water partition coefficient (Wildman–Crippen LogP) is 1.39. The molecule has 0 saturated heterocycles. The summed E-state index contributed by atoms with van der Waals surface area (Å²) in [5, 5.41) is 0. The maximum Gasteiger partial charge on any atom is 0.0158 e. The van der Waals surface area contributed by atoms with Crippen molar-refractivity contribution in [2.75, 3.05) is 0 Å². The van der Waals surface area contributed by atoms with Crippen LogP contribution >= 0.6 is 0 Å². The number of rotatable bonds is 2. The first-order chi connectivity index (χ1) is 5.68. The highest BCUT2D eigenvalue weighted by Gasteiger charge is 2.36. The van der Waals surface area contributed by atoms with Gasteiger partial charge >= 0.3 is 0 Å². The number of hydrogen-bond acceptors (Lipinski definition) is 2. The quantitative estimate of drug-likeness (QED) is 0.654. The smallest absolute Gasteiger partial charge is 0.0158 e. The second-order valence-corrected chi connectivity index (χ2v) is 4.85. The highest BCUT2D eigenvalue weighted by Crippen LogP contribution is 2.40. The molecule has 0 aromatic carbocycles. The third-order valence-electron chi connectivity index (χ3n) is 3.42. The first kappa shape index (κ1) is 8.52. The molecule has 0 aromatic rings. The van der Waals surface area contributed by atoms with E-state index < -0.39 is 0 Å². The Labute approximate surface area is 74.7 Å². The monoisotopic (exact) mass is 168 g/mol. The van der Waals surface area contributed by atoms with Gasteiger partial charge in [0.15, 0.2) is 0 Å². The van der Waals surface area contributed by atoms with Gasteiger partial charge in [0, 0.05) is 11.6 Å². The van der Waals surface area contributed by atoms with E-state index in [1.807, 2.05) is 0 Å². The molecule has 0 amide bonds. The summed E-state index contributed by atoms with van der Waals surface area (Å²) in [6.07, 6.45) is 8.71. The molecule has 2 fully saturated rings. The molecule has 0 bridgehead atoms. The molecule has 4 N–H and O–H groups in total. The van der Waals surface area contributed by atoms with E-state index in [9.17, 15) is 0 Å². The van der Waals surface area contributed by atoms with Crippen LogP contribution in [0.5, 0.6) is 0 Å². The lowest BCUT2D eigenvalue weighted by Gasteiger charge is -2.36. The summed E-state index contributed by atoms with van der Waals surface area (Å²) in [7, 11) is 0. The minimum atomic E-state index is 0.164. The molecule has 0 spiro atoms. The molecule has 2 nitrogen and oxygen atoms in total. The van der Waals surface area contributed by atoms with Gasteiger partial charge in [0.1, 0.15) is 0 Å². The first-order valence-corrected chi connectivity index (χ1v) is 5.22. The zero-order valence-corrected chi connectivity index (χ0v) is 7.76. The Morgan fingerprint density at radius 1 is 1.08 bits per heavy atom. The SMILES string of the molecule is NC1CCC(N)(CC2CC2)CC1. The van der Waals surface area contributed by atoms with Crippen LogP contribution < -0.4 is 11.5 Å². The largest absolute Gasteiger partial charge is 0.328 e. The Kier molecular flexibility index (Phi) is 2.13. The molecule has 70 valence electrons. The molecule has 0 atom stereocenters. The fourth-order valence-electron chi connectivity index (χ4n) is 2.32. The summed E-state index contributed by atoms with van der Waals surface area (Å²) in [6, 6.07) is 0.431. The number of nitrogens with two attached hydrogens (primary N) is 2. The van der Waals surface area contributed by atoms with E-state index >= 15 is 0 Å². The molecule has 0 unspecified atom stereocenters. The fourth-order valence-corrected chi connectivity index (χ4v) is 2.32. The molecule has 2 aliphatic carbocycles. The molecular weight excluding hydrogens is 148 g/mol. The van der Waals surface area contributed by atoms with Crippen molar-refractivity contribution in [3.63, 3.8) is 0 Å². The van der Waals surface area contributed by atoms with Gasteiger partial charge in [-0.1, -0.05) is 12.8 Å². The molecule has 2 aliphatic rings. The van der Waals surface area contributed by atoms with E-state index in [4.69, 9.17) is 11.5 Å². The van der Waals surface area contributed by atoms with E-state index in [2.05, 4.69) is 0 Å². The maximum atomic E-state index is 6.31. The van der Waals surface area contributed by atoms with Gasteiger partial charge in [-0.25, -0.2) is 0 Å². The van der Waals surface area contributed by atoms with Crippen LogP contribution in [0.25, 0.3) is 0 Å². The van der Waals surface area contributed by atoms with Crippen LogP contribution in [0.2, 0.25) is 0 Å². The topological polar surface area (TPSA) is 52.0 Å². The third kappa shape index (κ3) is 1.99. The van der Waals surface area contributed by atoms with Crippen LogP contribution in [0.3, 0.4) is 0 Å². The van der Waals surface area contributed by atoms with E-state index in [1.54, 1.807) is 0 Å². The highest BCUT2D eigenvalue weighted by atomic mass is 14.8. The van der Waals surface area contributed by atoms with Gasteiger partial charge < -0.3 is 11.5 Å². The Morgan fingerprint density at radius 2 is 1.67 bits per heavy atom. The lowest BCUT2D eigenvalue weighted by atomic mass is 9.77. The summed E-state index contributed by atoms with van der Waals surface area (Å²) in [6.45, 7) is 0. The first-order valence-electron chi connectivity index (χ1n) is 5.22. The van der Waals surface area contributed by atoms with Gasteiger partial charge in [0.2, 0.25) is 0 Å². The van der Waals surface area contributed by atoms with Crippen molar-refractivity contribution in [1.82, 2.24) is 0 Å². The lowest BCUT2D eigenvalue weighted by molar-refractivity contribution is 0.247. The molecule has 0 radical (unpaired) electrons. The van der Waals surface area contributed by atoms with E-state index in [0.717, 1.165) is 31.6 Å². The average Bonchev–Trinajstić information content (AvgIpc) is 2.80. The predicted molar refractivity (Wildman–Crippen MR) is 50.7 cm³/mol. The van der Waals surface area contributed by atoms with Gasteiger partial charge in [-0.3, -0.25) is 0 Å². The molecule has 2 heteroatoms. The van der Waals surface area contributed by atoms with Crippen LogP contribution in [-0.4, -0.2) is 11.6 Å². The Morgan fingerprint density at radius 3 is 2.17 bits per heavy atom. The molecule has 12 heavy (non-hydrogen) atoms. The molecule has 2 saturated carbocycles. The molecule has 0 heterocycles. The minimum Gasteiger partial charge on any atom is -0.328 e. The van der Waals surface area contributed by atoms with Crippen molar-refractivity contribution >= 4 is 0 Å². The summed E-state index contributed by atoms with van der Waals surface area (Å²) < 4.78 is 0. The second-order valence-electron chi connectivity index (χ2n) is 4.85. The Bertz CT molecular complexity index is 155. The van der Waals surface area contributed by atoms with Crippen molar-refractivity contribution in [3.05, 3.63) is 0 Å². The van der Waals surface area contributed by atoms with E-state index in [0.29, 0.717) is 6.04 Å². The zero-order chi connectivity index (χ0) is 8.60. The average molecular weight is 168 g/mol. The molecule has 0 aliphatic heterocycles. The van der Waals surface area contributed by atoms with Crippen molar-refractivity contribution in [2.24, 2.45) is 17.4 Å². The summed E-state index contributed by atoms with van der Waals surface area (Å²) in [4.78, 5) is 0. The van der Waals surface area contributed by atoms with Gasteiger partial charge in [0.05, 0.1) is 0 Å². The van der Waals surface area contributed by atoms with E-state index in [1.165, 1.54) is 19.3 Å². The van der Waals surface area contributed by atoms with Gasteiger partial charge in [0.25, 0.3) is 0 Å². The van der Waals surface area contributed by atoms with Crippen LogP contribution in [0.15, 0.2) is 0 Å². The van der Waals surface area contributed by atoms with Gasteiger partial charge in [-0.05, 0) is 38.0 Å². The van der Waals surface area contributed by atoms with Crippen molar-refractivity contribution < 1.29 is 0 Å². The van der Waals surface area contributed by atoms with E-state index in [-0.39, 0.29) is 5.54 Å². The normalized spacial score (nSPS) is 43.0. The zero-order valence-electron chi connectivity index (χ0n) is 7.76. The van der Waals surface area contributed by atoms with Crippen LogP contribution in [-0.2, 0) is 0 Å². The van der Waals surface area contributed by atoms with Gasteiger partial charge in [-0.15, -0.1) is 0 Å². The Hall–Kier alpha value is -0.0800. The summed E-state index contributed by atoms with van der Waals surface area (Å²) in [5.74, 6) is 0.962. The molecule has 0 aromatic heterocycles. The standard InChI is InChI=1S/C10H20N2/c11-9-3-5-10(12,6-4-9)7-8-1-2-8/h8-9H,1-7,11-12H2. The maximum absolute atomic E-state index is 6.31. The van der Waals surface area contributed by atoms with Crippen LogP contribution in [0, 0.1) is 5.92 Å². The number of hydrogen-bond donors (Lipinski definition) is 2.